The van der Waals surface area contributed by atoms with E-state index in [1.54, 1.807) is 0 Å². The molecule has 1 fully saturated rings. The fourth-order valence-electron chi connectivity index (χ4n) is 2.01. The highest BCUT2D eigenvalue weighted by Crippen LogP contribution is 2.08. The second kappa shape index (κ2) is 8.11. The van der Waals surface area contributed by atoms with E-state index in [0.717, 1.165) is 0 Å². The van der Waals surface area contributed by atoms with Crippen LogP contribution in [0.2, 0.25) is 0 Å². The zero-order valence-electron chi connectivity index (χ0n) is 12.6. The maximum atomic E-state index is 12.1. The Balaban J connectivity index is 2.68. The van der Waals surface area contributed by atoms with E-state index in [1.165, 1.54) is 6.92 Å². The molecule has 1 saturated heterocycles. The number of rotatable bonds is 8. The molecule has 3 atom stereocenters. The minimum Gasteiger partial charge on any atom is -0.480 e. The quantitative estimate of drug-likeness (QED) is 0.333. The van der Waals surface area contributed by atoms with Crippen molar-refractivity contribution in [2.45, 2.75) is 50.7 Å². The Morgan fingerprint density at radius 1 is 1.35 bits per heavy atom. The van der Waals surface area contributed by atoms with Crippen molar-refractivity contribution in [1.29, 1.82) is 0 Å². The van der Waals surface area contributed by atoms with Gasteiger partial charge in [0.25, 0.3) is 0 Å². The van der Waals surface area contributed by atoms with Gasteiger partial charge in [-0.2, -0.15) is 0 Å². The fourth-order valence-corrected chi connectivity index (χ4v) is 2.01. The summed E-state index contributed by atoms with van der Waals surface area (Å²) in [6.45, 7) is 1.27. The summed E-state index contributed by atoms with van der Waals surface area (Å²) in [7, 11) is 0. The second-order valence-electron chi connectivity index (χ2n) is 5.29. The van der Waals surface area contributed by atoms with Gasteiger partial charge in [-0.15, -0.1) is 0 Å². The number of primary amides is 1. The molecule has 0 bridgehead atoms. The summed E-state index contributed by atoms with van der Waals surface area (Å²) in [5.41, 5.74) is 5.03. The molecule has 0 spiro atoms. The molecule has 0 saturated carbocycles. The van der Waals surface area contributed by atoms with E-state index >= 15 is 0 Å². The summed E-state index contributed by atoms with van der Waals surface area (Å²) < 4.78 is 0. The molecule has 0 aromatic rings. The van der Waals surface area contributed by atoms with Gasteiger partial charge < -0.3 is 26.8 Å². The smallest absolute Gasteiger partial charge is 0.325 e. The van der Waals surface area contributed by atoms with Gasteiger partial charge in [-0.25, -0.2) is 0 Å². The standard InChI is InChI=1S/C13H20N4O6/c1-6(13(22)23)15-11(20)8(2-4-9(14)18)17-12(21)7-3-5-10(19)16-7/h6-8H,2-5H2,1H3,(H2,14,18)(H,15,20)(H,16,19)(H,17,21)(H,22,23)/t6-,7-,8-/m0/s1. The molecule has 0 unspecified atom stereocenters. The molecule has 6 N–H and O–H groups in total. The number of aliphatic carboxylic acids is 1. The molecular weight excluding hydrogens is 308 g/mol. The first-order valence-electron chi connectivity index (χ1n) is 7.12. The van der Waals surface area contributed by atoms with Crippen molar-refractivity contribution < 1.29 is 29.1 Å². The molecule has 0 aromatic carbocycles. The topological polar surface area (TPSA) is 168 Å². The molecule has 0 aromatic heterocycles. The zero-order chi connectivity index (χ0) is 17.6. The Morgan fingerprint density at radius 2 is 2.00 bits per heavy atom. The van der Waals surface area contributed by atoms with Gasteiger partial charge in [-0.3, -0.25) is 24.0 Å². The molecule has 1 rings (SSSR count). The van der Waals surface area contributed by atoms with Gasteiger partial charge in [0.05, 0.1) is 0 Å². The van der Waals surface area contributed by atoms with Gasteiger partial charge >= 0.3 is 5.97 Å². The SMILES string of the molecule is C[C@H](NC(=O)[C@H](CCC(N)=O)NC(=O)[C@@H]1CCC(=O)N1)C(=O)O. The van der Waals surface area contributed by atoms with Crippen molar-refractivity contribution in [2.75, 3.05) is 0 Å². The lowest BCUT2D eigenvalue weighted by molar-refractivity contribution is -0.141. The lowest BCUT2D eigenvalue weighted by Gasteiger charge is -2.21. The number of carbonyl (C=O) groups excluding carboxylic acids is 4. The summed E-state index contributed by atoms with van der Waals surface area (Å²) in [4.78, 5) is 56.8. The molecule has 0 radical (unpaired) electrons. The van der Waals surface area contributed by atoms with Gasteiger partial charge in [0.1, 0.15) is 18.1 Å². The normalized spacial score (nSPS) is 19.3. The second-order valence-corrected chi connectivity index (χ2v) is 5.29. The molecule has 10 heteroatoms. The average molecular weight is 328 g/mol. The number of amides is 4. The third-order valence-corrected chi connectivity index (χ3v) is 3.35. The molecule has 10 nitrogen and oxygen atoms in total. The highest BCUT2D eigenvalue weighted by molar-refractivity contribution is 5.95. The first kappa shape index (κ1) is 18.4. The molecule has 1 aliphatic rings. The van der Waals surface area contributed by atoms with Crippen molar-refractivity contribution in [1.82, 2.24) is 16.0 Å². The van der Waals surface area contributed by atoms with Gasteiger partial charge in [0, 0.05) is 12.8 Å². The minimum atomic E-state index is -1.23. The molecule has 23 heavy (non-hydrogen) atoms. The van der Waals surface area contributed by atoms with Crippen LogP contribution < -0.4 is 21.7 Å². The Morgan fingerprint density at radius 3 is 2.48 bits per heavy atom. The molecular formula is C13H20N4O6. The summed E-state index contributed by atoms with van der Waals surface area (Å²) in [5.74, 6) is -3.45. The van der Waals surface area contributed by atoms with Crippen molar-refractivity contribution >= 4 is 29.6 Å². The van der Waals surface area contributed by atoms with Crippen LogP contribution in [0, 0.1) is 0 Å². The van der Waals surface area contributed by atoms with E-state index in [9.17, 15) is 24.0 Å². The Kier molecular flexibility index (Phi) is 6.49. The summed E-state index contributed by atoms with van der Waals surface area (Å²) >= 11 is 0. The van der Waals surface area contributed by atoms with Gasteiger partial charge in [0.15, 0.2) is 0 Å². The van der Waals surface area contributed by atoms with Crippen LogP contribution in [0.4, 0.5) is 0 Å². The number of carboxylic acid groups (broad SMARTS) is 1. The van der Waals surface area contributed by atoms with Crippen LogP contribution in [0.15, 0.2) is 0 Å². The summed E-state index contributed by atoms with van der Waals surface area (Å²) in [6, 6.07) is -3.01. The van der Waals surface area contributed by atoms with Gasteiger partial charge in [0.2, 0.25) is 23.6 Å². The lowest BCUT2D eigenvalue weighted by Crippen LogP contribution is -2.54. The monoisotopic (exact) mass is 328 g/mol. The third kappa shape index (κ3) is 5.93. The Bertz CT molecular complexity index is 521. The lowest BCUT2D eigenvalue weighted by atomic mass is 10.1. The van der Waals surface area contributed by atoms with Crippen LogP contribution in [0.5, 0.6) is 0 Å². The van der Waals surface area contributed by atoms with E-state index in [-0.39, 0.29) is 25.2 Å². The van der Waals surface area contributed by atoms with E-state index in [4.69, 9.17) is 10.8 Å². The van der Waals surface area contributed by atoms with Crippen LogP contribution in [0.3, 0.4) is 0 Å². The van der Waals surface area contributed by atoms with E-state index in [2.05, 4.69) is 16.0 Å². The summed E-state index contributed by atoms with van der Waals surface area (Å²) in [5, 5.41) is 15.9. The largest absolute Gasteiger partial charge is 0.480 e. The highest BCUT2D eigenvalue weighted by atomic mass is 16.4. The fraction of sp³-hybridized carbons (Fsp3) is 0.615. The molecule has 128 valence electrons. The minimum absolute atomic E-state index is 0.0695. The Labute approximate surface area is 132 Å². The maximum Gasteiger partial charge on any atom is 0.325 e. The maximum absolute atomic E-state index is 12.1. The molecule has 4 amide bonds. The van der Waals surface area contributed by atoms with Gasteiger partial charge in [-0.05, 0) is 19.8 Å². The van der Waals surface area contributed by atoms with Crippen molar-refractivity contribution in [3.8, 4) is 0 Å². The van der Waals surface area contributed by atoms with Crippen LogP contribution >= 0.6 is 0 Å². The van der Waals surface area contributed by atoms with Crippen LogP contribution in [-0.2, 0) is 24.0 Å². The molecule has 0 aliphatic carbocycles. The summed E-state index contributed by atoms with van der Waals surface area (Å²) in [6.07, 6.45) is 0.295. The van der Waals surface area contributed by atoms with Crippen LogP contribution in [0.1, 0.15) is 32.6 Å². The number of carbonyl (C=O) groups is 5. The number of carboxylic acids is 1. The number of nitrogens with one attached hydrogen (secondary N) is 3. The van der Waals surface area contributed by atoms with E-state index in [1.807, 2.05) is 0 Å². The van der Waals surface area contributed by atoms with Crippen LogP contribution in [0.25, 0.3) is 0 Å². The van der Waals surface area contributed by atoms with Crippen LogP contribution in [-0.4, -0.2) is 52.8 Å². The van der Waals surface area contributed by atoms with Gasteiger partial charge in [-0.1, -0.05) is 0 Å². The predicted molar refractivity (Wildman–Crippen MR) is 76.8 cm³/mol. The number of hydrogen-bond donors (Lipinski definition) is 5. The van der Waals surface area contributed by atoms with Crippen molar-refractivity contribution in [3.63, 3.8) is 0 Å². The first-order valence-corrected chi connectivity index (χ1v) is 7.12. The number of nitrogens with two attached hydrogens (primary N) is 1. The first-order chi connectivity index (χ1) is 10.7. The molecule has 1 aliphatic heterocycles. The van der Waals surface area contributed by atoms with E-state index in [0.29, 0.717) is 6.42 Å². The molecule has 1 heterocycles. The van der Waals surface area contributed by atoms with E-state index < -0.39 is 41.8 Å². The predicted octanol–water partition coefficient (Wildman–Crippen LogP) is -2.40. The number of hydrogen-bond acceptors (Lipinski definition) is 5. The zero-order valence-corrected chi connectivity index (χ0v) is 12.6. The average Bonchev–Trinajstić information content (AvgIpc) is 2.89. The van der Waals surface area contributed by atoms with Crippen molar-refractivity contribution in [3.05, 3.63) is 0 Å². The van der Waals surface area contributed by atoms with Crippen molar-refractivity contribution in [2.24, 2.45) is 5.73 Å². The Hall–Kier alpha value is -2.65. The third-order valence-electron chi connectivity index (χ3n) is 3.35. The highest BCUT2D eigenvalue weighted by Gasteiger charge is 2.31.